The second kappa shape index (κ2) is 8.39. The monoisotopic (exact) mass is 340 g/mol. The van der Waals surface area contributed by atoms with Crippen LogP contribution in [0.25, 0.3) is 5.76 Å². The second-order valence-electron chi connectivity index (χ2n) is 4.78. The molecule has 0 bridgehead atoms. The Labute approximate surface area is 144 Å². The molecule has 0 heterocycles. The van der Waals surface area contributed by atoms with Crippen LogP contribution in [-0.4, -0.2) is 31.1 Å². The molecule has 0 fully saturated rings. The molecule has 0 saturated carbocycles. The summed E-state index contributed by atoms with van der Waals surface area (Å²) in [5, 5.41) is 18.0. The topological polar surface area (TPSA) is 97.6 Å². The maximum atomic E-state index is 12.2. The molecule has 25 heavy (non-hydrogen) atoms. The largest absolute Gasteiger partial charge is 0.505 e. The molecule has 128 valence electrons. The van der Waals surface area contributed by atoms with Gasteiger partial charge in [-0.3, -0.25) is 4.79 Å². The number of aliphatic hydroxyl groups excluding tert-OH is 1. The molecule has 0 aliphatic heterocycles. The summed E-state index contributed by atoms with van der Waals surface area (Å²) in [6.45, 7) is 0. The molecule has 0 unspecified atom stereocenters. The third-order valence-corrected chi connectivity index (χ3v) is 3.20. The molecule has 7 heteroatoms. The second-order valence-corrected chi connectivity index (χ2v) is 4.78. The molecule has 0 amide bonds. The van der Waals surface area contributed by atoms with E-state index in [4.69, 9.17) is 4.74 Å². The van der Waals surface area contributed by atoms with Gasteiger partial charge in [0.05, 0.1) is 19.9 Å². The Morgan fingerprint density at radius 1 is 0.960 bits per heavy atom. The first-order valence-corrected chi connectivity index (χ1v) is 7.24. The molecule has 0 spiro atoms. The highest BCUT2D eigenvalue weighted by Crippen LogP contribution is 2.23. The lowest BCUT2D eigenvalue weighted by Crippen LogP contribution is -2.18. The van der Waals surface area contributed by atoms with Gasteiger partial charge >= 0.3 is 5.97 Å². The van der Waals surface area contributed by atoms with Crippen molar-refractivity contribution < 1.29 is 24.2 Å². The number of nitrogens with zero attached hydrogens (tertiary/aromatic N) is 2. The van der Waals surface area contributed by atoms with E-state index in [1.54, 1.807) is 42.5 Å². The van der Waals surface area contributed by atoms with Gasteiger partial charge in [0.2, 0.25) is 0 Å². The number of azo groups is 1. The number of esters is 1. The smallest absolute Gasteiger partial charge is 0.381 e. The molecular formula is C18H16N2O5. The summed E-state index contributed by atoms with van der Waals surface area (Å²) in [4.78, 5) is 23.7. The number of rotatable bonds is 6. The number of ether oxygens (including phenoxy) is 2. The Kier molecular flexibility index (Phi) is 6.00. The van der Waals surface area contributed by atoms with E-state index < -0.39 is 23.2 Å². The number of ketones is 1. The summed E-state index contributed by atoms with van der Waals surface area (Å²) in [6, 6.07) is 14.8. The van der Waals surface area contributed by atoms with Crippen LogP contribution < -0.4 is 4.74 Å². The zero-order valence-corrected chi connectivity index (χ0v) is 13.7. The van der Waals surface area contributed by atoms with Crippen molar-refractivity contribution in [1.82, 2.24) is 0 Å². The molecular weight excluding hydrogens is 324 g/mol. The van der Waals surface area contributed by atoms with E-state index in [1.807, 2.05) is 0 Å². The minimum absolute atomic E-state index is 0.278. The Bertz CT molecular complexity index is 811. The van der Waals surface area contributed by atoms with E-state index in [2.05, 4.69) is 15.0 Å². The number of Topliss-reactive ketones (excluding diaryl/α,β-unsaturated/α-hetero) is 1. The maximum absolute atomic E-state index is 12.2. The van der Waals surface area contributed by atoms with Crippen molar-refractivity contribution in [3.8, 4) is 5.75 Å². The minimum atomic E-state index is -1.15. The van der Waals surface area contributed by atoms with Crippen molar-refractivity contribution in [3.05, 3.63) is 65.9 Å². The lowest BCUT2D eigenvalue weighted by molar-refractivity contribution is -0.149. The van der Waals surface area contributed by atoms with Gasteiger partial charge < -0.3 is 14.6 Å². The standard InChI is InChI=1S/C18H16N2O5/c1-24-14-10-8-12(9-11-14)16(21)15(17(22)18(23)25-2)20-19-13-6-4-3-5-7-13/h3-11,21H,1-2H3/b16-15+,20-19?. The highest BCUT2D eigenvalue weighted by molar-refractivity contribution is 6.41. The first-order chi connectivity index (χ1) is 12.1. The van der Waals surface area contributed by atoms with E-state index in [0.29, 0.717) is 11.4 Å². The fourth-order valence-electron chi connectivity index (χ4n) is 1.88. The molecule has 0 aromatic heterocycles. The van der Waals surface area contributed by atoms with Gasteiger partial charge in [-0.25, -0.2) is 4.79 Å². The van der Waals surface area contributed by atoms with Gasteiger partial charge in [0.1, 0.15) is 5.75 Å². The Morgan fingerprint density at radius 2 is 1.60 bits per heavy atom. The van der Waals surface area contributed by atoms with E-state index in [-0.39, 0.29) is 5.56 Å². The molecule has 7 nitrogen and oxygen atoms in total. The predicted molar refractivity (Wildman–Crippen MR) is 90.5 cm³/mol. The lowest BCUT2D eigenvalue weighted by Gasteiger charge is -2.06. The van der Waals surface area contributed by atoms with Crippen LogP contribution in [0.4, 0.5) is 5.69 Å². The van der Waals surface area contributed by atoms with Crippen LogP contribution in [0, 0.1) is 0 Å². The predicted octanol–water partition coefficient (Wildman–Crippen LogP) is 3.45. The van der Waals surface area contributed by atoms with Crippen LogP contribution in [-0.2, 0) is 14.3 Å². The molecule has 0 aliphatic carbocycles. The average Bonchev–Trinajstić information content (AvgIpc) is 2.68. The summed E-state index contributed by atoms with van der Waals surface area (Å²) < 4.78 is 9.45. The molecule has 2 aromatic rings. The van der Waals surface area contributed by atoms with Crippen LogP contribution in [0.2, 0.25) is 0 Å². The number of hydrogen-bond donors (Lipinski definition) is 1. The zero-order valence-electron chi connectivity index (χ0n) is 13.7. The third-order valence-electron chi connectivity index (χ3n) is 3.20. The Hall–Kier alpha value is -3.48. The third kappa shape index (κ3) is 4.51. The van der Waals surface area contributed by atoms with Crippen LogP contribution in [0.15, 0.2) is 70.5 Å². The highest BCUT2D eigenvalue weighted by atomic mass is 16.5. The number of aliphatic hydroxyl groups is 1. The van der Waals surface area contributed by atoms with Crippen molar-refractivity contribution >= 4 is 23.2 Å². The van der Waals surface area contributed by atoms with Crippen LogP contribution >= 0.6 is 0 Å². The van der Waals surface area contributed by atoms with Crippen molar-refractivity contribution in [1.29, 1.82) is 0 Å². The maximum Gasteiger partial charge on any atom is 0.381 e. The van der Waals surface area contributed by atoms with E-state index >= 15 is 0 Å². The molecule has 0 aliphatic rings. The van der Waals surface area contributed by atoms with Gasteiger partial charge in [-0.1, -0.05) is 18.2 Å². The van der Waals surface area contributed by atoms with Crippen molar-refractivity contribution in [3.63, 3.8) is 0 Å². The Morgan fingerprint density at radius 3 is 2.16 bits per heavy atom. The molecule has 2 aromatic carbocycles. The molecule has 0 saturated heterocycles. The van der Waals surface area contributed by atoms with Gasteiger partial charge in [0.15, 0.2) is 11.5 Å². The van der Waals surface area contributed by atoms with E-state index in [0.717, 1.165) is 7.11 Å². The van der Waals surface area contributed by atoms with Crippen LogP contribution in [0.5, 0.6) is 5.75 Å². The van der Waals surface area contributed by atoms with Gasteiger partial charge in [-0.15, -0.1) is 5.11 Å². The first-order valence-electron chi connectivity index (χ1n) is 7.24. The summed E-state index contributed by atoms with van der Waals surface area (Å²) in [7, 11) is 2.57. The van der Waals surface area contributed by atoms with Gasteiger partial charge in [0.25, 0.3) is 5.78 Å². The lowest BCUT2D eigenvalue weighted by atomic mass is 10.1. The molecule has 0 atom stereocenters. The van der Waals surface area contributed by atoms with Crippen molar-refractivity contribution in [2.24, 2.45) is 10.2 Å². The number of carbonyl (C=O) groups is 2. The first kappa shape index (κ1) is 17.9. The van der Waals surface area contributed by atoms with Crippen molar-refractivity contribution in [2.45, 2.75) is 0 Å². The van der Waals surface area contributed by atoms with E-state index in [9.17, 15) is 14.7 Å². The zero-order chi connectivity index (χ0) is 18.2. The summed E-state index contributed by atoms with van der Waals surface area (Å²) in [5.74, 6) is -2.17. The van der Waals surface area contributed by atoms with Crippen LogP contribution in [0.3, 0.4) is 0 Å². The number of carbonyl (C=O) groups excluding carboxylic acids is 2. The van der Waals surface area contributed by atoms with E-state index in [1.165, 1.54) is 19.2 Å². The van der Waals surface area contributed by atoms with Gasteiger partial charge in [-0.05, 0) is 36.4 Å². The number of hydrogen-bond acceptors (Lipinski definition) is 7. The SMILES string of the molecule is COC(=O)C(=O)/C(N=Nc1ccccc1)=C(\O)c1ccc(OC)cc1. The van der Waals surface area contributed by atoms with Gasteiger partial charge in [0, 0.05) is 5.56 Å². The minimum Gasteiger partial charge on any atom is -0.505 e. The summed E-state index contributed by atoms with van der Waals surface area (Å²) >= 11 is 0. The molecule has 1 N–H and O–H groups in total. The Balaban J connectivity index is 2.46. The van der Waals surface area contributed by atoms with Gasteiger partial charge in [-0.2, -0.15) is 5.11 Å². The summed E-state index contributed by atoms with van der Waals surface area (Å²) in [6.07, 6.45) is 0. The van der Waals surface area contributed by atoms with Crippen LogP contribution in [0.1, 0.15) is 5.56 Å². The normalized spacial score (nSPS) is 11.8. The molecule has 0 radical (unpaired) electrons. The van der Waals surface area contributed by atoms with Crippen molar-refractivity contribution in [2.75, 3.05) is 14.2 Å². The molecule has 2 rings (SSSR count). The quantitative estimate of drug-likeness (QED) is 0.285. The number of benzene rings is 2. The average molecular weight is 340 g/mol. The summed E-state index contributed by atoms with van der Waals surface area (Å²) in [5.41, 5.74) is 0.223. The highest BCUT2D eigenvalue weighted by Gasteiger charge is 2.24. The fourth-order valence-corrected chi connectivity index (χ4v) is 1.88. The fraction of sp³-hybridized carbons (Fsp3) is 0.111. The number of methoxy groups -OCH3 is 2.